The van der Waals surface area contributed by atoms with Gasteiger partial charge in [0, 0.05) is 11.4 Å². The van der Waals surface area contributed by atoms with Crippen LogP contribution in [0.2, 0.25) is 0 Å². The minimum absolute atomic E-state index is 0.119. The molecule has 0 fully saturated rings. The summed E-state index contributed by atoms with van der Waals surface area (Å²) in [7, 11) is 1.63. The van der Waals surface area contributed by atoms with Crippen molar-refractivity contribution in [1.29, 1.82) is 0 Å². The number of ether oxygens (including phenoxy) is 2. The highest BCUT2D eigenvalue weighted by molar-refractivity contribution is 7.99. The number of hydrogen-bond donors (Lipinski definition) is 1. The van der Waals surface area contributed by atoms with Crippen LogP contribution in [0.3, 0.4) is 0 Å². The van der Waals surface area contributed by atoms with E-state index in [9.17, 15) is 4.79 Å². The molecule has 1 heterocycles. The van der Waals surface area contributed by atoms with Crippen LogP contribution in [0.25, 0.3) is 16.5 Å². The van der Waals surface area contributed by atoms with Crippen LogP contribution in [0, 0.1) is 0 Å². The van der Waals surface area contributed by atoms with Crippen molar-refractivity contribution in [2.24, 2.45) is 0 Å². The Hall–Kier alpha value is -4.30. The first-order chi connectivity index (χ1) is 18.1. The molecule has 1 atom stereocenters. The number of nitrogens with zero attached hydrogens (tertiary/aromatic N) is 3. The second-order valence-corrected chi connectivity index (χ2v) is 9.29. The Kier molecular flexibility index (Phi) is 7.37. The van der Waals surface area contributed by atoms with Gasteiger partial charge in [-0.15, -0.1) is 10.2 Å². The molecule has 0 bridgehead atoms. The number of aromatic nitrogens is 3. The van der Waals surface area contributed by atoms with Crippen LogP contribution in [-0.4, -0.2) is 33.5 Å². The first-order valence-electron chi connectivity index (χ1n) is 11.8. The second kappa shape index (κ2) is 11.2. The van der Waals surface area contributed by atoms with Gasteiger partial charge in [0.25, 0.3) is 0 Å². The summed E-state index contributed by atoms with van der Waals surface area (Å²) in [5.74, 6) is 2.16. The quantitative estimate of drug-likeness (QED) is 0.235. The van der Waals surface area contributed by atoms with Crippen molar-refractivity contribution in [1.82, 2.24) is 14.8 Å². The minimum atomic E-state index is -0.387. The Morgan fingerprint density at radius 3 is 2.35 bits per heavy atom. The second-order valence-electron chi connectivity index (χ2n) is 8.35. The maximum Gasteiger partial charge on any atom is 0.234 e. The zero-order chi connectivity index (χ0) is 25.6. The lowest BCUT2D eigenvalue weighted by Crippen LogP contribution is -2.15. The number of benzene rings is 4. The molecule has 5 aromatic rings. The fourth-order valence-electron chi connectivity index (χ4n) is 3.96. The van der Waals surface area contributed by atoms with Crippen LogP contribution >= 0.6 is 11.8 Å². The molecule has 1 unspecified atom stereocenters. The predicted octanol–water partition coefficient (Wildman–Crippen LogP) is 6.30. The Labute approximate surface area is 219 Å². The Bertz CT molecular complexity index is 1500. The van der Waals surface area contributed by atoms with Crippen LogP contribution in [0.1, 0.15) is 18.9 Å². The van der Waals surface area contributed by atoms with Gasteiger partial charge in [0.1, 0.15) is 11.5 Å². The number of carbonyl (C=O) groups excluding carboxylic acids is 1. The predicted molar refractivity (Wildman–Crippen MR) is 147 cm³/mol. The van der Waals surface area contributed by atoms with E-state index in [1.54, 1.807) is 7.11 Å². The van der Waals surface area contributed by atoms with E-state index in [2.05, 4.69) is 15.5 Å². The Balaban J connectivity index is 1.32. The Morgan fingerprint density at radius 1 is 0.892 bits per heavy atom. The van der Waals surface area contributed by atoms with Gasteiger partial charge in [-0.1, -0.05) is 60.3 Å². The third-order valence-electron chi connectivity index (χ3n) is 5.77. The highest BCUT2D eigenvalue weighted by Crippen LogP contribution is 2.29. The maximum absolute atomic E-state index is 12.8. The summed E-state index contributed by atoms with van der Waals surface area (Å²) in [6.07, 6.45) is -0.387. The van der Waals surface area contributed by atoms with Gasteiger partial charge in [-0.05, 0) is 66.2 Å². The SMILES string of the molecule is COc1ccc(OC(C)c2nnc(SCC(=O)Nc3ccc4ccccc4c3)n2-c2ccccc2)cc1. The molecule has 7 nitrogen and oxygen atoms in total. The number of anilines is 1. The van der Waals surface area contributed by atoms with E-state index in [0.29, 0.717) is 16.7 Å². The third-order valence-corrected chi connectivity index (χ3v) is 6.70. The number of para-hydroxylation sites is 1. The van der Waals surface area contributed by atoms with E-state index >= 15 is 0 Å². The molecule has 1 N–H and O–H groups in total. The number of hydrogen-bond acceptors (Lipinski definition) is 6. The summed E-state index contributed by atoms with van der Waals surface area (Å²) in [5.41, 5.74) is 1.65. The Morgan fingerprint density at radius 2 is 1.59 bits per heavy atom. The fraction of sp³-hybridized carbons (Fsp3) is 0.138. The van der Waals surface area contributed by atoms with Gasteiger partial charge in [0.05, 0.1) is 12.9 Å². The van der Waals surface area contributed by atoms with Gasteiger partial charge >= 0.3 is 0 Å². The lowest BCUT2D eigenvalue weighted by molar-refractivity contribution is -0.113. The minimum Gasteiger partial charge on any atom is -0.497 e. The van der Waals surface area contributed by atoms with E-state index in [-0.39, 0.29) is 17.8 Å². The van der Waals surface area contributed by atoms with Crippen LogP contribution in [0.5, 0.6) is 11.5 Å². The molecule has 8 heteroatoms. The molecule has 0 aliphatic rings. The normalized spacial score (nSPS) is 11.7. The molecule has 0 saturated carbocycles. The van der Waals surface area contributed by atoms with Gasteiger partial charge in [-0.3, -0.25) is 9.36 Å². The summed E-state index contributed by atoms with van der Waals surface area (Å²) in [4.78, 5) is 12.8. The first-order valence-corrected chi connectivity index (χ1v) is 12.8. The van der Waals surface area contributed by atoms with Crippen molar-refractivity contribution in [2.75, 3.05) is 18.2 Å². The van der Waals surface area contributed by atoms with Crippen molar-refractivity contribution in [2.45, 2.75) is 18.2 Å². The third kappa shape index (κ3) is 5.76. The first kappa shape index (κ1) is 24.4. The number of rotatable bonds is 9. The van der Waals surface area contributed by atoms with Crippen molar-refractivity contribution >= 4 is 34.1 Å². The van der Waals surface area contributed by atoms with E-state index in [0.717, 1.165) is 27.9 Å². The molecule has 0 aliphatic heterocycles. The van der Waals surface area contributed by atoms with Crippen LogP contribution in [0.4, 0.5) is 5.69 Å². The van der Waals surface area contributed by atoms with Crippen molar-refractivity contribution in [3.05, 3.63) is 103 Å². The zero-order valence-corrected chi connectivity index (χ0v) is 21.3. The van der Waals surface area contributed by atoms with Crippen molar-refractivity contribution in [3.63, 3.8) is 0 Å². The summed E-state index contributed by atoms with van der Waals surface area (Å²) in [6.45, 7) is 1.93. The van der Waals surface area contributed by atoms with Gasteiger partial charge in [-0.2, -0.15) is 0 Å². The van der Waals surface area contributed by atoms with Gasteiger partial charge in [0.15, 0.2) is 17.1 Å². The zero-order valence-electron chi connectivity index (χ0n) is 20.5. The van der Waals surface area contributed by atoms with E-state index in [4.69, 9.17) is 9.47 Å². The number of fused-ring (bicyclic) bond motifs is 1. The molecule has 1 amide bonds. The van der Waals surface area contributed by atoms with E-state index in [1.807, 2.05) is 109 Å². The summed E-state index contributed by atoms with van der Waals surface area (Å²) >= 11 is 1.33. The van der Waals surface area contributed by atoms with E-state index in [1.165, 1.54) is 11.8 Å². The van der Waals surface area contributed by atoms with Gasteiger partial charge < -0.3 is 14.8 Å². The standard InChI is InChI=1S/C29H26N4O3S/c1-20(36-26-16-14-25(35-2)15-17-26)28-31-32-29(33(28)24-10-4-3-5-11-24)37-19-27(34)30-23-13-12-21-8-6-7-9-22(21)18-23/h3-18,20H,19H2,1-2H3,(H,30,34). The highest BCUT2D eigenvalue weighted by atomic mass is 32.2. The summed E-state index contributed by atoms with van der Waals surface area (Å²) in [6, 6.07) is 31.2. The number of carbonyl (C=O) groups is 1. The molecule has 0 saturated heterocycles. The molecular formula is C29H26N4O3S. The van der Waals surface area contributed by atoms with Crippen LogP contribution in [-0.2, 0) is 4.79 Å². The largest absolute Gasteiger partial charge is 0.497 e. The monoisotopic (exact) mass is 510 g/mol. The fourth-order valence-corrected chi connectivity index (χ4v) is 4.72. The lowest BCUT2D eigenvalue weighted by Gasteiger charge is -2.17. The molecule has 1 aromatic heterocycles. The van der Waals surface area contributed by atoms with Crippen molar-refractivity contribution in [3.8, 4) is 17.2 Å². The van der Waals surface area contributed by atoms with Crippen LogP contribution < -0.4 is 14.8 Å². The smallest absolute Gasteiger partial charge is 0.234 e. The molecular weight excluding hydrogens is 484 g/mol. The molecule has 0 aliphatic carbocycles. The molecule has 186 valence electrons. The molecule has 4 aromatic carbocycles. The number of methoxy groups -OCH3 is 1. The number of amides is 1. The molecule has 0 radical (unpaired) electrons. The summed E-state index contributed by atoms with van der Waals surface area (Å²) in [5, 5.41) is 14.6. The topological polar surface area (TPSA) is 78.3 Å². The van der Waals surface area contributed by atoms with Gasteiger partial charge in [0.2, 0.25) is 5.91 Å². The molecule has 37 heavy (non-hydrogen) atoms. The summed E-state index contributed by atoms with van der Waals surface area (Å²) < 4.78 is 13.3. The lowest BCUT2D eigenvalue weighted by atomic mass is 10.1. The number of nitrogens with one attached hydrogen (secondary N) is 1. The van der Waals surface area contributed by atoms with Gasteiger partial charge in [-0.25, -0.2) is 0 Å². The van der Waals surface area contributed by atoms with E-state index < -0.39 is 0 Å². The van der Waals surface area contributed by atoms with Crippen molar-refractivity contribution < 1.29 is 14.3 Å². The number of thioether (sulfide) groups is 1. The molecule has 5 rings (SSSR count). The van der Waals surface area contributed by atoms with Crippen LogP contribution in [0.15, 0.2) is 102 Å². The highest BCUT2D eigenvalue weighted by Gasteiger charge is 2.21. The molecule has 0 spiro atoms. The average Bonchev–Trinajstić information content (AvgIpc) is 3.37. The maximum atomic E-state index is 12.8. The average molecular weight is 511 g/mol.